The van der Waals surface area contributed by atoms with Crippen LogP contribution in [-0.2, 0) is 20.0 Å². The molecule has 0 aromatic heterocycles. The molecule has 38 heavy (non-hydrogen) atoms. The van der Waals surface area contributed by atoms with E-state index in [1.807, 2.05) is 0 Å². The van der Waals surface area contributed by atoms with Gasteiger partial charge in [0.05, 0.1) is 35.4 Å². The molecule has 10 heteroatoms. The second-order valence-corrected chi connectivity index (χ2v) is 12.1. The molecule has 8 nitrogen and oxygen atoms in total. The van der Waals surface area contributed by atoms with Crippen molar-refractivity contribution in [1.82, 2.24) is 0 Å². The van der Waals surface area contributed by atoms with Gasteiger partial charge in [0, 0.05) is 23.9 Å². The van der Waals surface area contributed by atoms with E-state index in [1.54, 1.807) is 74.5 Å². The van der Waals surface area contributed by atoms with E-state index in [0.717, 1.165) is 0 Å². The van der Waals surface area contributed by atoms with Gasteiger partial charge < -0.3 is 9.47 Å². The van der Waals surface area contributed by atoms with Crippen molar-refractivity contribution in [3.8, 4) is 11.5 Å². The predicted molar refractivity (Wildman–Crippen MR) is 150 cm³/mol. The normalized spacial score (nSPS) is 11.8. The zero-order valence-corrected chi connectivity index (χ0v) is 23.3. The van der Waals surface area contributed by atoms with Crippen molar-refractivity contribution >= 4 is 42.2 Å². The number of hydrogen-bond donors (Lipinski definition) is 0. The highest BCUT2D eigenvalue weighted by molar-refractivity contribution is 7.93. The summed E-state index contributed by atoms with van der Waals surface area (Å²) in [6.45, 7) is 3.88. The van der Waals surface area contributed by atoms with Crippen molar-refractivity contribution in [3.63, 3.8) is 0 Å². The van der Waals surface area contributed by atoms with E-state index in [0.29, 0.717) is 33.6 Å². The molecule has 0 amide bonds. The lowest BCUT2D eigenvalue weighted by molar-refractivity contribution is 0.414. The molecule has 0 atom stereocenters. The summed E-state index contributed by atoms with van der Waals surface area (Å²) < 4.78 is 67.6. The number of ether oxygens (including phenoxy) is 2. The lowest BCUT2D eigenvalue weighted by atomic mass is 10.1. The first-order chi connectivity index (χ1) is 18.2. The molecule has 4 aromatic carbocycles. The number of rotatable bonds is 10. The lowest BCUT2D eigenvalue weighted by Crippen LogP contribution is -2.32. The quantitative estimate of drug-likeness (QED) is 0.265. The van der Waals surface area contributed by atoms with Crippen LogP contribution < -0.4 is 18.1 Å². The number of sulfonamides is 2. The summed E-state index contributed by atoms with van der Waals surface area (Å²) in [6.07, 6.45) is 0. The van der Waals surface area contributed by atoms with Gasteiger partial charge in [-0.1, -0.05) is 24.3 Å². The molecule has 0 radical (unpaired) electrons. The Morgan fingerprint density at radius 2 is 0.895 bits per heavy atom. The van der Waals surface area contributed by atoms with Crippen molar-refractivity contribution in [1.29, 1.82) is 0 Å². The third-order valence-electron chi connectivity index (χ3n) is 6.28. The SMILES string of the molecule is CCN(c1ccc(N(CC)S(=O)(=O)c2ccc(OC)cc2)c2ccccc12)S(=O)(=O)c1ccc(OC)cc1. The number of fused-ring (bicyclic) bond motifs is 1. The minimum Gasteiger partial charge on any atom is -0.497 e. The molecule has 0 N–H and O–H groups in total. The molecule has 200 valence electrons. The Bertz CT molecular complexity index is 1510. The van der Waals surface area contributed by atoms with Gasteiger partial charge in [-0.3, -0.25) is 8.61 Å². The molecule has 4 rings (SSSR count). The van der Waals surface area contributed by atoms with E-state index in [9.17, 15) is 16.8 Å². The highest BCUT2D eigenvalue weighted by atomic mass is 32.2. The van der Waals surface area contributed by atoms with Crippen LogP contribution in [0.3, 0.4) is 0 Å². The lowest BCUT2D eigenvalue weighted by Gasteiger charge is -2.28. The zero-order valence-electron chi connectivity index (χ0n) is 21.7. The van der Waals surface area contributed by atoms with Gasteiger partial charge in [-0.15, -0.1) is 0 Å². The van der Waals surface area contributed by atoms with Crippen LogP contribution in [0.1, 0.15) is 13.8 Å². The van der Waals surface area contributed by atoms with Crippen molar-refractivity contribution in [2.75, 3.05) is 35.9 Å². The smallest absolute Gasteiger partial charge is 0.264 e. The largest absolute Gasteiger partial charge is 0.497 e. The minimum absolute atomic E-state index is 0.130. The van der Waals surface area contributed by atoms with Crippen molar-refractivity contribution in [2.45, 2.75) is 23.6 Å². The summed E-state index contributed by atoms with van der Waals surface area (Å²) in [7, 11) is -4.77. The van der Waals surface area contributed by atoms with E-state index >= 15 is 0 Å². The van der Waals surface area contributed by atoms with Gasteiger partial charge in [0.2, 0.25) is 0 Å². The topological polar surface area (TPSA) is 93.2 Å². The Balaban J connectivity index is 1.84. The van der Waals surface area contributed by atoms with E-state index in [1.165, 1.54) is 47.1 Å². The van der Waals surface area contributed by atoms with Gasteiger partial charge >= 0.3 is 0 Å². The maximum Gasteiger partial charge on any atom is 0.264 e. The second-order valence-electron chi connectivity index (χ2n) is 8.34. The van der Waals surface area contributed by atoms with Gasteiger partial charge in [0.1, 0.15) is 11.5 Å². The summed E-state index contributed by atoms with van der Waals surface area (Å²) in [5, 5.41) is 1.24. The van der Waals surface area contributed by atoms with Crippen LogP contribution in [0.15, 0.2) is 94.7 Å². The standard InChI is InChI=1S/C28H30N2O6S2/c1-5-29(37(31,32)23-15-11-21(35-3)12-16-23)27-19-20-28(26-10-8-7-9-25(26)27)30(6-2)38(33,34)24-17-13-22(36-4)14-18-24/h7-20H,5-6H2,1-4H3. The molecular formula is C28H30N2O6S2. The first-order valence-corrected chi connectivity index (χ1v) is 14.9. The van der Waals surface area contributed by atoms with Crippen molar-refractivity contribution in [3.05, 3.63) is 84.9 Å². The fraction of sp³-hybridized carbons (Fsp3) is 0.214. The summed E-state index contributed by atoms with van der Waals surface area (Å²) >= 11 is 0. The molecule has 0 aliphatic carbocycles. The molecule has 0 aliphatic heterocycles. The fourth-order valence-corrected chi connectivity index (χ4v) is 7.38. The summed E-state index contributed by atoms with van der Waals surface area (Å²) in [6, 6.07) is 23.0. The Hall–Kier alpha value is -3.76. The number of hydrogen-bond acceptors (Lipinski definition) is 6. The molecule has 0 saturated carbocycles. The molecular weight excluding hydrogens is 524 g/mol. The Morgan fingerprint density at radius 3 is 1.18 bits per heavy atom. The summed E-state index contributed by atoms with van der Waals surface area (Å²) in [5.41, 5.74) is 0.918. The van der Waals surface area contributed by atoms with Gasteiger partial charge in [0.25, 0.3) is 20.0 Å². The highest BCUT2D eigenvalue weighted by Gasteiger charge is 2.29. The number of benzene rings is 4. The van der Waals surface area contributed by atoms with Crippen LogP contribution in [0.4, 0.5) is 11.4 Å². The third-order valence-corrected chi connectivity index (χ3v) is 10.1. The zero-order chi connectivity index (χ0) is 27.5. The molecule has 4 aromatic rings. The van der Waals surface area contributed by atoms with Crippen LogP contribution in [-0.4, -0.2) is 44.1 Å². The Labute approximate surface area is 224 Å². The summed E-state index contributed by atoms with van der Waals surface area (Å²) in [5.74, 6) is 1.11. The first kappa shape index (κ1) is 27.3. The predicted octanol–water partition coefficient (Wildman–Crippen LogP) is 5.29. The average molecular weight is 555 g/mol. The van der Waals surface area contributed by atoms with E-state index in [4.69, 9.17) is 9.47 Å². The van der Waals surface area contributed by atoms with E-state index < -0.39 is 20.0 Å². The Morgan fingerprint density at radius 1 is 0.553 bits per heavy atom. The van der Waals surface area contributed by atoms with Gasteiger partial charge in [-0.2, -0.15) is 0 Å². The van der Waals surface area contributed by atoms with Crippen LogP contribution in [0.25, 0.3) is 10.8 Å². The average Bonchev–Trinajstić information content (AvgIpc) is 2.94. The Kier molecular flexibility index (Phi) is 7.84. The molecule has 0 fully saturated rings. The molecule has 0 aliphatic rings. The van der Waals surface area contributed by atoms with Gasteiger partial charge in [-0.25, -0.2) is 16.8 Å². The molecule has 0 saturated heterocycles. The number of methoxy groups -OCH3 is 2. The number of anilines is 2. The van der Waals surface area contributed by atoms with Crippen molar-refractivity contribution < 1.29 is 26.3 Å². The molecule has 0 spiro atoms. The number of nitrogens with zero attached hydrogens (tertiary/aromatic N) is 2. The highest BCUT2D eigenvalue weighted by Crippen LogP contribution is 2.38. The third kappa shape index (κ3) is 4.89. The maximum atomic E-state index is 13.6. The van der Waals surface area contributed by atoms with Crippen LogP contribution in [0, 0.1) is 0 Å². The fourth-order valence-electron chi connectivity index (χ4n) is 4.39. The maximum absolute atomic E-state index is 13.6. The van der Waals surface area contributed by atoms with Crippen LogP contribution in [0.2, 0.25) is 0 Å². The van der Waals surface area contributed by atoms with Crippen LogP contribution in [0.5, 0.6) is 11.5 Å². The molecule has 0 bridgehead atoms. The summed E-state index contributed by atoms with van der Waals surface area (Å²) in [4.78, 5) is 0.260. The minimum atomic E-state index is -3.90. The van der Waals surface area contributed by atoms with Crippen LogP contribution >= 0.6 is 0 Å². The van der Waals surface area contributed by atoms with Gasteiger partial charge in [0.15, 0.2) is 0 Å². The van der Waals surface area contributed by atoms with Gasteiger partial charge in [-0.05, 0) is 74.5 Å². The van der Waals surface area contributed by atoms with Crippen molar-refractivity contribution in [2.24, 2.45) is 0 Å². The van der Waals surface area contributed by atoms with E-state index in [-0.39, 0.29) is 22.9 Å². The van der Waals surface area contributed by atoms with E-state index in [2.05, 4.69) is 0 Å². The molecule has 0 unspecified atom stereocenters. The second kappa shape index (κ2) is 10.9. The molecule has 0 heterocycles. The monoisotopic (exact) mass is 554 g/mol. The first-order valence-electron chi connectivity index (χ1n) is 12.0.